The van der Waals surface area contributed by atoms with Crippen molar-refractivity contribution in [2.75, 3.05) is 13.2 Å². The molecule has 0 aliphatic carbocycles. The highest BCUT2D eigenvalue weighted by molar-refractivity contribution is 5.78. The molecule has 0 bridgehead atoms. The van der Waals surface area contributed by atoms with Gasteiger partial charge in [0, 0.05) is 13.1 Å². The Balaban J connectivity index is 2.07. The Morgan fingerprint density at radius 3 is 2.56 bits per heavy atom. The van der Waals surface area contributed by atoms with Gasteiger partial charge in [0.1, 0.15) is 5.75 Å². The summed E-state index contributed by atoms with van der Waals surface area (Å²) in [6.07, 6.45) is 1.70. The predicted molar refractivity (Wildman–Crippen MR) is 108 cm³/mol. The highest BCUT2D eigenvalue weighted by Gasteiger charge is 2.15. The van der Waals surface area contributed by atoms with E-state index in [4.69, 9.17) is 10.00 Å². The largest absolute Gasteiger partial charge is 0.483 e. The summed E-state index contributed by atoms with van der Waals surface area (Å²) in [7, 11) is 0. The van der Waals surface area contributed by atoms with Crippen molar-refractivity contribution in [1.82, 2.24) is 4.90 Å². The van der Waals surface area contributed by atoms with Crippen LogP contribution in [0, 0.1) is 18.3 Å². The van der Waals surface area contributed by atoms with Gasteiger partial charge in [0.25, 0.3) is 5.91 Å². The molecule has 0 aliphatic heterocycles. The number of amides is 1. The fraction of sp³-hybridized carbons (Fsp3) is 0.304. The summed E-state index contributed by atoms with van der Waals surface area (Å²) in [4.78, 5) is 14.4. The topological polar surface area (TPSA) is 53.3 Å². The van der Waals surface area contributed by atoms with Crippen LogP contribution in [0.4, 0.5) is 0 Å². The van der Waals surface area contributed by atoms with Gasteiger partial charge in [-0.25, -0.2) is 0 Å². The van der Waals surface area contributed by atoms with Gasteiger partial charge in [0.05, 0.1) is 11.6 Å². The first kappa shape index (κ1) is 20.3. The molecule has 0 aliphatic rings. The summed E-state index contributed by atoms with van der Waals surface area (Å²) in [6.45, 7) is 10.8. The number of nitriles is 1. The molecule has 27 heavy (non-hydrogen) atoms. The third kappa shape index (κ3) is 5.72. The van der Waals surface area contributed by atoms with E-state index in [-0.39, 0.29) is 12.5 Å². The number of benzene rings is 2. The second-order valence-electron chi connectivity index (χ2n) is 6.86. The molecule has 2 aromatic rings. The van der Waals surface area contributed by atoms with Crippen molar-refractivity contribution in [1.29, 1.82) is 5.26 Å². The van der Waals surface area contributed by atoms with Gasteiger partial charge in [-0.3, -0.25) is 4.79 Å². The second kappa shape index (κ2) is 9.59. The zero-order valence-electron chi connectivity index (χ0n) is 16.2. The van der Waals surface area contributed by atoms with Gasteiger partial charge in [0.15, 0.2) is 6.61 Å². The van der Waals surface area contributed by atoms with Crippen LogP contribution in [0.2, 0.25) is 0 Å². The standard InChI is InChI=1S/C23H26N2O2/c1-5-12-25(15-20-9-7-19(14-24)8-10-20)23(26)16-27-22-13-18(4)6-11-21(22)17(2)3/h5-11,13,17H,1,12,15-16H2,2-4H3. The number of ether oxygens (including phenoxy) is 1. The normalized spacial score (nSPS) is 10.3. The summed E-state index contributed by atoms with van der Waals surface area (Å²) >= 11 is 0. The third-order valence-electron chi connectivity index (χ3n) is 4.30. The molecule has 2 aromatic carbocycles. The molecule has 0 aromatic heterocycles. The molecule has 0 saturated carbocycles. The maximum Gasteiger partial charge on any atom is 0.261 e. The van der Waals surface area contributed by atoms with Crippen molar-refractivity contribution in [2.24, 2.45) is 0 Å². The quantitative estimate of drug-likeness (QED) is 0.646. The Labute approximate surface area is 161 Å². The lowest BCUT2D eigenvalue weighted by Gasteiger charge is -2.22. The first-order chi connectivity index (χ1) is 12.9. The van der Waals surface area contributed by atoms with E-state index in [1.807, 2.05) is 25.1 Å². The van der Waals surface area contributed by atoms with E-state index in [2.05, 4.69) is 38.6 Å². The lowest BCUT2D eigenvalue weighted by Crippen LogP contribution is -2.34. The molecule has 1 amide bonds. The van der Waals surface area contributed by atoms with Crippen LogP contribution < -0.4 is 4.74 Å². The number of nitrogens with zero attached hydrogens (tertiary/aromatic N) is 2. The number of carbonyl (C=O) groups is 1. The smallest absolute Gasteiger partial charge is 0.261 e. The second-order valence-corrected chi connectivity index (χ2v) is 6.86. The molecule has 140 valence electrons. The molecular formula is C23H26N2O2. The van der Waals surface area contributed by atoms with E-state index < -0.39 is 0 Å². The van der Waals surface area contributed by atoms with E-state index >= 15 is 0 Å². The van der Waals surface area contributed by atoms with Crippen molar-refractivity contribution < 1.29 is 9.53 Å². The van der Waals surface area contributed by atoms with Gasteiger partial charge in [-0.1, -0.05) is 44.2 Å². The molecule has 0 radical (unpaired) electrons. The number of hydrogen-bond acceptors (Lipinski definition) is 3. The molecular weight excluding hydrogens is 336 g/mol. The van der Waals surface area contributed by atoms with Crippen molar-refractivity contribution in [3.05, 3.63) is 77.4 Å². The third-order valence-corrected chi connectivity index (χ3v) is 4.30. The van der Waals surface area contributed by atoms with Crippen LogP contribution in [0.5, 0.6) is 5.75 Å². The van der Waals surface area contributed by atoms with Gasteiger partial charge < -0.3 is 9.64 Å². The van der Waals surface area contributed by atoms with E-state index in [9.17, 15) is 4.79 Å². The first-order valence-corrected chi connectivity index (χ1v) is 9.05. The van der Waals surface area contributed by atoms with Gasteiger partial charge in [-0.15, -0.1) is 6.58 Å². The summed E-state index contributed by atoms with van der Waals surface area (Å²) in [5.74, 6) is 0.976. The summed E-state index contributed by atoms with van der Waals surface area (Å²) in [5.41, 5.74) is 3.75. The number of aryl methyl sites for hydroxylation is 1. The number of rotatable bonds is 8. The Morgan fingerprint density at radius 1 is 1.26 bits per heavy atom. The van der Waals surface area contributed by atoms with Crippen molar-refractivity contribution >= 4 is 5.91 Å². The minimum atomic E-state index is -0.101. The average Bonchev–Trinajstić information content (AvgIpc) is 2.66. The lowest BCUT2D eigenvalue weighted by atomic mass is 10.0. The molecule has 0 N–H and O–H groups in total. The molecule has 0 saturated heterocycles. The van der Waals surface area contributed by atoms with E-state index in [1.54, 1.807) is 23.1 Å². The minimum absolute atomic E-state index is 0.0205. The van der Waals surface area contributed by atoms with Gasteiger partial charge in [-0.2, -0.15) is 5.26 Å². The molecule has 0 atom stereocenters. The van der Waals surface area contributed by atoms with E-state index in [0.717, 1.165) is 22.4 Å². The maximum absolute atomic E-state index is 12.7. The number of hydrogen-bond donors (Lipinski definition) is 0. The molecule has 4 nitrogen and oxygen atoms in total. The van der Waals surface area contributed by atoms with Crippen LogP contribution in [-0.2, 0) is 11.3 Å². The zero-order valence-corrected chi connectivity index (χ0v) is 16.2. The van der Waals surface area contributed by atoms with Gasteiger partial charge in [0.2, 0.25) is 0 Å². The van der Waals surface area contributed by atoms with E-state index in [0.29, 0.717) is 24.6 Å². The highest BCUT2D eigenvalue weighted by Crippen LogP contribution is 2.27. The van der Waals surface area contributed by atoms with Crippen molar-refractivity contribution in [3.8, 4) is 11.8 Å². The number of carbonyl (C=O) groups excluding carboxylic acids is 1. The van der Waals surface area contributed by atoms with Crippen LogP contribution in [0.3, 0.4) is 0 Å². The fourth-order valence-electron chi connectivity index (χ4n) is 2.79. The summed E-state index contributed by atoms with van der Waals surface area (Å²) < 4.78 is 5.87. The van der Waals surface area contributed by atoms with Crippen LogP contribution in [0.25, 0.3) is 0 Å². The first-order valence-electron chi connectivity index (χ1n) is 9.05. The minimum Gasteiger partial charge on any atom is -0.483 e. The molecule has 4 heteroatoms. The van der Waals surface area contributed by atoms with Crippen LogP contribution in [-0.4, -0.2) is 24.0 Å². The Kier molecular flexibility index (Phi) is 7.19. The highest BCUT2D eigenvalue weighted by atomic mass is 16.5. The Hall–Kier alpha value is -3.06. The maximum atomic E-state index is 12.7. The SMILES string of the molecule is C=CCN(Cc1ccc(C#N)cc1)C(=O)COc1cc(C)ccc1C(C)C. The average molecular weight is 362 g/mol. The zero-order chi connectivity index (χ0) is 19.8. The monoisotopic (exact) mass is 362 g/mol. The van der Waals surface area contributed by atoms with Crippen molar-refractivity contribution in [3.63, 3.8) is 0 Å². The Bertz CT molecular complexity index is 832. The lowest BCUT2D eigenvalue weighted by molar-refractivity contribution is -0.133. The molecule has 0 fully saturated rings. The molecule has 2 rings (SSSR count). The van der Waals surface area contributed by atoms with Crippen LogP contribution >= 0.6 is 0 Å². The predicted octanol–water partition coefficient (Wildman–Crippen LogP) is 4.58. The van der Waals surface area contributed by atoms with Crippen LogP contribution in [0.1, 0.15) is 42.0 Å². The molecule has 0 unspecified atom stereocenters. The molecule has 0 spiro atoms. The summed E-state index contributed by atoms with van der Waals surface area (Å²) in [5, 5.41) is 8.90. The molecule has 0 heterocycles. The van der Waals surface area contributed by atoms with Crippen LogP contribution in [0.15, 0.2) is 55.1 Å². The fourth-order valence-corrected chi connectivity index (χ4v) is 2.79. The van der Waals surface area contributed by atoms with E-state index in [1.165, 1.54) is 0 Å². The summed E-state index contributed by atoms with van der Waals surface area (Å²) in [6, 6.07) is 15.4. The van der Waals surface area contributed by atoms with Crippen molar-refractivity contribution in [2.45, 2.75) is 33.2 Å². The Morgan fingerprint density at radius 2 is 1.96 bits per heavy atom. The van der Waals surface area contributed by atoms with Gasteiger partial charge >= 0.3 is 0 Å². The van der Waals surface area contributed by atoms with Gasteiger partial charge in [-0.05, 0) is 47.7 Å².